The lowest BCUT2D eigenvalue weighted by Gasteiger charge is -2.08. The maximum absolute atomic E-state index is 13.1. The fraction of sp³-hybridized carbons (Fsp3) is 0.0455. The Morgan fingerprint density at radius 1 is 1.12 bits per heavy atom. The summed E-state index contributed by atoms with van der Waals surface area (Å²) in [5.74, 6) is 0.0185. The van der Waals surface area contributed by atoms with Crippen LogP contribution < -0.4 is 5.32 Å². The molecule has 5 rings (SSSR count). The molecule has 12 heteroatoms. The van der Waals surface area contributed by atoms with Crippen LogP contribution in [0.25, 0.3) is 17.0 Å². The van der Waals surface area contributed by atoms with Crippen LogP contribution in [-0.2, 0) is 6.54 Å². The first kappa shape index (κ1) is 21.2. The van der Waals surface area contributed by atoms with Gasteiger partial charge in [-0.1, -0.05) is 41.9 Å². The van der Waals surface area contributed by atoms with Crippen molar-refractivity contribution in [2.24, 2.45) is 0 Å². The monoisotopic (exact) mass is 474 g/mol. The number of non-ortho nitro benzene ring substituents is 1. The van der Waals surface area contributed by atoms with E-state index in [9.17, 15) is 14.9 Å². The largest absolute Gasteiger partial charge is 0.304 e. The summed E-state index contributed by atoms with van der Waals surface area (Å²) in [6.07, 6.45) is 3.00. The third-order valence-corrected chi connectivity index (χ3v) is 5.38. The predicted octanol–water partition coefficient (Wildman–Crippen LogP) is 3.85. The molecule has 1 N–H and O–H groups in total. The van der Waals surface area contributed by atoms with Crippen molar-refractivity contribution in [2.45, 2.75) is 6.54 Å². The Bertz CT molecular complexity index is 1540. The van der Waals surface area contributed by atoms with Crippen molar-refractivity contribution in [1.29, 1.82) is 0 Å². The number of hydrogen-bond acceptors (Lipinski definition) is 7. The highest BCUT2D eigenvalue weighted by Crippen LogP contribution is 2.24. The molecule has 0 aliphatic carbocycles. The first-order valence-corrected chi connectivity index (χ1v) is 10.4. The van der Waals surface area contributed by atoms with E-state index in [0.717, 1.165) is 5.56 Å². The minimum absolute atomic E-state index is 0.0873. The highest BCUT2D eigenvalue weighted by atomic mass is 35.5. The van der Waals surface area contributed by atoms with Gasteiger partial charge < -0.3 is 5.32 Å². The van der Waals surface area contributed by atoms with Crippen molar-refractivity contribution in [2.75, 3.05) is 5.32 Å². The van der Waals surface area contributed by atoms with Gasteiger partial charge in [-0.2, -0.15) is 19.7 Å². The molecule has 3 heterocycles. The molecule has 0 fully saturated rings. The Kier molecular flexibility index (Phi) is 5.44. The Labute approximate surface area is 196 Å². The fourth-order valence-electron chi connectivity index (χ4n) is 3.40. The lowest BCUT2D eigenvalue weighted by atomic mass is 10.1. The smallest absolute Gasteiger partial charge is 0.275 e. The zero-order valence-electron chi connectivity index (χ0n) is 17.4. The minimum atomic E-state index is -0.494. The molecule has 1 amide bonds. The summed E-state index contributed by atoms with van der Waals surface area (Å²) >= 11 is 6.21. The van der Waals surface area contributed by atoms with Crippen molar-refractivity contribution in [3.8, 4) is 11.3 Å². The predicted molar refractivity (Wildman–Crippen MR) is 124 cm³/mol. The molecule has 0 saturated heterocycles. The maximum Gasteiger partial charge on any atom is 0.275 e. The van der Waals surface area contributed by atoms with Gasteiger partial charge in [0.15, 0.2) is 5.82 Å². The van der Waals surface area contributed by atoms with Crippen LogP contribution in [0.3, 0.4) is 0 Å². The van der Waals surface area contributed by atoms with Crippen LogP contribution in [0.5, 0.6) is 0 Å². The first-order valence-electron chi connectivity index (χ1n) is 10.0. The van der Waals surface area contributed by atoms with E-state index in [4.69, 9.17) is 11.6 Å². The van der Waals surface area contributed by atoms with Crippen LogP contribution in [0.15, 0.2) is 73.2 Å². The number of hydrogen-bond donors (Lipinski definition) is 1. The Hall–Kier alpha value is -4.64. The first-order chi connectivity index (χ1) is 16.5. The summed E-state index contributed by atoms with van der Waals surface area (Å²) in [4.78, 5) is 32.2. The van der Waals surface area contributed by atoms with Gasteiger partial charge in [-0.05, 0) is 17.7 Å². The van der Waals surface area contributed by atoms with Crippen LogP contribution in [0.1, 0.15) is 16.1 Å². The lowest BCUT2D eigenvalue weighted by Crippen LogP contribution is -2.18. The van der Waals surface area contributed by atoms with Gasteiger partial charge in [0.1, 0.15) is 12.0 Å². The number of halogens is 1. The normalized spacial score (nSPS) is 11.0. The van der Waals surface area contributed by atoms with E-state index >= 15 is 0 Å². The summed E-state index contributed by atoms with van der Waals surface area (Å²) in [5.41, 5.74) is 1.77. The standard InChI is InChI=1S/C22H15ClN8O3/c23-17-7-2-1-4-15(17)12-29-9-8-20(28-29)27-21(32)19-11-18(26-22-24-13-25-30(19)22)14-5-3-6-16(10-14)31(33)34/h1-11,13H,12H2,(H,27,28,32). The van der Waals surface area contributed by atoms with Crippen molar-refractivity contribution in [1.82, 2.24) is 29.4 Å². The molecule has 0 unspecified atom stereocenters. The molecule has 11 nitrogen and oxygen atoms in total. The number of carbonyl (C=O) groups is 1. The molecule has 2 aromatic carbocycles. The van der Waals surface area contributed by atoms with Gasteiger partial charge in [-0.15, -0.1) is 0 Å². The molecule has 0 bridgehead atoms. The van der Waals surface area contributed by atoms with Gasteiger partial charge in [0.05, 0.1) is 17.2 Å². The lowest BCUT2D eigenvalue weighted by molar-refractivity contribution is -0.384. The number of rotatable bonds is 6. The molecular weight excluding hydrogens is 460 g/mol. The van der Waals surface area contributed by atoms with E-state index in [1.807, 2.05) is 18.2 Å². The third-order valence-electron chi connectivity index (χ3n) is 5.01. The Morgan fingerprint density at radius 2 is 1.97 bits per heavy atom. The second-order valence-corrected chi connectivity index (χ2v) is 7.66. The maximum atomic E-state index is 13.1. The van der Waals surface area contributed by atoms with Crippen molar-refractivity contribution < 1.29 is 9.72 Å². The highest BCUT2D eigenvalue weighted by Gasteiger charge is 2.18. The van der Waals surface area contributed by atoms with E-state index in [0.29, 0.717) is 28.6 Å². The van der Waals surface area contributed by atoms with Crippen molar-refractivity contribution in [3.05, 3.63) is 99.6 Å². The van der Waals surface area contributed by atoms with E-state index in [-0.39, 0.29) is 17.2 Å². The van der Waals surface area contributed by atoms with Crippen LogP contribution in [-0.4, -0.2) is 40.2 Å². The molecule has 0 radical (unpaired) electrons. The fourth-order valence-corrected chi connectivity index (χ4v) is 3.59. The average Bonchev–Trinajstić information content (AvgIpc) is 3.49. The van der Waals surface area contributed by atoms with Gasteiger partial charge in [0, 0.05) is 35.0 Å². The van der Waals surface area contributed by atoms with Gasteiger partial charge in [0.25, 0.3) is 17.4 Å². The topological polar surface area (TPSA) is 133 Å². The molecule has 0 spiro atoms. The molecule has 5 aromatic rings. The number of amides is 1. The zero-order valence-corrected chi connectivity index (χ0v) is 18.1. The number of benzene rings is 2. The zero-order chi connectivity index (χ0) is 23.7. The number of carbonyl (C=O) groups excluding carboxylic acids is 1. The molecular formula is C22H15ClN8O3. The molecule has 0 saturated carbocycles. The van der Waals surface area contributed by atoms with E-state index in [2.05, 4.69) is 25.5 Å². The average molecular weight is 475 g/mol. The van der Waals surface area contributed by atoms with Gasteiger partial charge in [0.2, 0.25) is 0 Å². The van der Waals surface area contributed by atoms with E-state index in [1.54, 1.807) is 35.1 Å². The number of nitro benzene ring substituents is 1. The second kappa shape index (κ2) is 8.71. The van der Waals surface area contributed by atoms with Gasteiger partial charge in [-0.3, -0.25) is 19.6 Å². The van der Waals surface area contributed by atoms with E-state index in [1.165, 1.54) is 29.0 Å². The number of fused-ring (bicyclic) bond motifs is 1. The summed E-state index contributed by atoms with van der Waals surface area (Å²) in [5, 5.41) is 23.0. The summed E-state index contributed by atoms with van der Waals surface area (Å²) < 4.78 is 2.94. The number of nitrogens with one attached hydrogen (secondary N) is 1. The van der Waals surface area contributed by atoms with Crippen LogP contribution >= 0.6 is 11.6 Å². The number of aromatic nitrogens is 6. The molecule has 168 valence electrons. The van der Waals surface area contributed by atoms with E-state index < -0.39 is 10.8 Å². The van der Waals surface area contributed by atoms with Gasteiger partial charge in [-0.25, -0.2) is 4.98 Å². The SMILES string of the molecule is O=C(Nc1ccn(Cc2ccccc2Cl)n1)c1cc(-c2cccc([N+](=O)[O-])c2)nc2ncnn12. The molecule has 0 atom stereocenters. The molecule has 34 heavy (non-hydrogen) atoms. The molecule has 0 aliphatic rings. The second-order valence-electron chi connectivity index (χ2n) is 7.25. The van der Waals surface area contributed by atoms with Crippen molar-refractivity contribution >= 4 is 34.8 Å². The molecule has 3 aromatic heterocycles. The summed E-state index contributed by atoms with van der Waals surface area (Å²) in [6, 6.07) is 16.6. The van der Waals surface area contributed by atoms with Crippen molar-refractivity contribution in [3.63, 3.8) is 0 Å². The number of nitrogens with zero attached hydrogens (tertiary/aromatic N) is 7. The van der Waals surface area contributed by atoms with Crippen LogP contribution in [0, 0.1) is 10.1 Å². The van der Waals surface area contributed by atoms with Gasteiger partial charge >= 0.3 is 0 Å². The molecule has 0 aliphatic heterocycles. The highest BCUT2D eigenvalue weighted by molar-refractivity contribution is 6.31. The summed E-state index contributed by atoms with van der Waals surface area (Å²) in [6.45, 7) is 0.440. The number of nitro groups is 1. The number of anilines is 1. The quantitative estimate of drug-likeness (QED) is 0.292. The minimum Gasteiger partial charge on any atom is -0.304 e. The summed E-state index contributed by atoms with van der Waals surface area (Å²) in [7, 11) is 0. The third kappa shape index (κ3) is 4.19. The van der Waals surface area contributed by atoms with Crippen LogP contribution in [0.2, 0.25) is 5.02 Å². The van der Waals surface area contributed by atoms with Crippen LogP contribution in [0.4, 0.5) is 11.5 Å². The Morgan fingerprint density at radius 3 is 2.79 bits per heavy atom. The Balaban J connectivity index is 1.43.